The van der Waals surface area contributed by atoms with Gasteiger partial charge in [0.1, 0.15) is 0 Å². The van der Waals surface area contributed by atoms with Gasteiger partial charge in [0.15, 0.2) is 5.13 Å². The van der Waals surface area contributed by atoms with Crippen LogP contribution in [-0.4, -0.2) is 16.8 Å². The zero-order chi connectivity index (χ0) is 18.5. The zero-order valence-corrected chi connectivity index (χ0v) is 16.3. The van der Waals surface area contributed by atoms with E-state index in [0.717, 1.165) is 10.4 Å². The molecule has 134 valence electrons. The number of nitrogens with one attached hydrogen (secondary N) is 2. The molecule has 0 spiro atoms. The molecule has 2 aromatic heterocycles. The van der Waals surface area contributed by atoms with Gasteiger partial charge >= 0.3 is 0 Å². The third kappa shape index (κ3) is 4.69. The molecule has 3 aromatic rings. The van der Waals surface area contributed by atoms with Gasteiger partial charge in [0.25, 0.3) is 0 Å². The molecular weight excluding hydrogens is 390 g/mol. The van der Waals surface area contributed by atoms with E-state index in [1.165, 1.54) is 29.6 Å². The van der Waals surface area contributed by atoms with E-state index in [9.17, 15) is 9.59 Å². The quantitative estimate of drug-likeness (QED) is 0.622. The lowest BCUT2D eigenvalue weighted by Crippen LogP contribution is -2.29. The van der Waals surface area contributed by atoms with Crippen LogP contribution in [-0.2, 0) is 9.59 Å². The van der Waals surface area contributed by atoms with E-state index < -0.39 is 0 Å². The van der Waals surface area contributed by atoms with Crippen molar-refractivity contribution in [1.29, 1.82) is 0 Å². The van der Waals surface area contributed by atoms with Gasteiger partial charge in [0.05, 0.1) is 18.2 Å². The summed E-state index contributed by atoms with van der Waals surface area (Å²) in [5.41, 5.74) is 1.54. The second-order valence-corrected chi connectivity index (χ2v) is 7.78. The van der Waals surface area contributed by atoms with Gasteiger partial charge in [-0.1, -0.05) is 35.9 Å². The minimum absolute atomic E-state index is 0.140. The number of aromatic nitrogens is 1. The van der Waals surface area contributed by atoms with Gasteiger partial charge in [-0.25, -0.2) is 4.98 Å². The molecule has 0 aliphatic rings. The second kappa shape index (κ2) is 8.44. The van der Waals surface area contributed by atoms with Crippen molar-refractivity contribution in [2.75, 3.05) is 5.32 Å². The molecule has 0 bridgehead atoms. The molecule has 3 rings (SSSR count). The summed E-state index contributed by atoms with van der Waals surface area (Å²) >= 11 is 9.02. The van der Waals surface area contributed by atoms with Crippen molar-refractivity contribution in [3.05, 3.63) is 57.1 Å². The first-order valence-corrected chi connectivity index (χ1v) is 9.97. The Morgan fingerprint density at radius 1 is 1.19 bits per heavy atom. The SMILES string of the molecule is CC(=O)N[C@H](CC(=O)Nc1nc(-c2ccccc2Cl)cs1)c1cccs1. The number of halogens is 1. The van der Waals surface area contributed by atoms with Crippen LogP contribution in [0.2, 0.25) is 5.02 Å². The van der Waals surface area contributed by atoms with Gasteiger partial charge in [-0.15, -0.1) is 22.7 Å². The van der Waals surface area contributed by atoms with Crippen LogP contribution >= 0.6 is 34.3 Å². The number of benzene rings is 1. The lowest BCUT2D eigenvalue weighted by atomic mass is 10.1. The Morgan fingerprint density at radius 3 is 2.69 bits per heavy atom. The Kier molecular flexibility index (Phi) is 6.03. The number of hydrogen-bond acceptors (Lipinski definition) is 5. The molecule has 1 atom stereocenters. The molecule has 2 N–H and O–H groups in total. The summed E-state index contributed by atoms with van der Waals surface area (Å²) in [6.45, 7) is 1.44. The number of thiophene rings is 1. The van der Waals surface area contributed by atoms with Crippen LogP contribution in [0.4, 0.5) is 5.13 Å². The number of nitrogens with zero attached hydrogens (tertiary/aromatic N) is 1. The smallest absolute Gasteiger partial charge is 0.228 e. The number of carbonyl (C=O) groups is 2. The third-order valence-corrected chi connectivity index (χ3v) is 5.63. The van der Waals surface area contributed by atoms with Crippen molar-refractivity contribution >= 4 is 51.2 Å². The van der Waals surface area contributed by atoms with Gasteiger partial charge in [-0.2, -0.15) is 0 Å². The predicted molar refractivity (Wildman–Crippen MR) is 107 cm³/mol. The highest BCUT2D eigenvalue weighted by atomic mass is 35.5. The summed E-state index contributed by atoms with van der Waals surface area (Å²) in [6.07, 6.45) is 0.140. The number of rotatable bonds is 6. The predicted octanol–water partition coefficient (Wildman–Crippen LogP) is 4.73. The van der Waals surface area contributed by atoms with Gasteiger partial charge in [0.2, 0.25) is 11.8 Å². The largest absolute Gasteiger partial charge is 0.348 e. The standard InChI is InChI=1S/C18H16ClN3O2S2/c1-11(23)20-14(16-7-4-8-25-16)9-17(24)22-18-21-15(10-26-18)12-5-2-3-6-13(12)19/h2-8,10,14H,9H2,1H3,(H,20,23)(H,21,22,24)/t14-/m1/s1. The number of thiazole rings is 1. The summed E-state index contributed by atoms with van der Waals surface area (Å²) in [5, 5.41) is 10.5. The average Bonchev–Trinajstić information content (AvgIpc) is 3.26. The molecule has 0 unspecified atom stereocenters. The Labute approximate surface area is 164 Å². The van der Waals surface area contributed by atoms with Gasteiger partial charge in [-0.05, 0) is 17.5 Å². The van der Waals surface area contributed by atoms with Crippen LogP contribution < -0.4 is 10.6 Å². The van der Waals surface area contributed by atoms with Crippen molar-refractivity contribution in [3.63, 3.8) is 0 Å². The summed E-state index contributed by atoms with van der Waals surface area (Å²) in [6, 6.07) is 10.9. The minimum Gasteiger partial charge on any atom is -0.348 e. The third-order valence-electron chi connectivity index (χ3n) is 3.55. The molecular formula is C18H16ClN3O2S2. The fraction of sp³-hybridized carbons (Fsp3) is 0.167. The molecule has 0 radical (unpaired) electrons. The van der Waals surface area contributed by atoms with Crippen molar-refractivity contribution in [1.82, 2.24) is 10.3 Å². The lowest BCUT2D eigenvalue weighted by Gasteiger charge is -2.15. The Hall–Kier alpha value is -2.22. The first kappa shape index (κ1) is 18.6. The Balaban J connectivity index is 1.68. The van der Waals surface area contributed by atoms with Gasteiger partial charge in [-0.3, -0.25) is 9.59 Å². The summed E-state index contributed by atoms with van der Waals surface area (Å²) in [4.78, 5) is 29.2. The normalized spacial score (nSPS) is 11.8. The van der Waals surface area contributed by atoms with E-state index in [0.29, 0.717) is 15.8 Å². The topological polar surface area (TPSA) is 71.1 Å². The van der Waals surface area contributed by atoms with Crippen LogP contribution in [0.25, 0.3) is 11.3 Å². The van der Waals surface area contributed by atoms with E-state index in [-0.39, 0.29) is 24.3 Å². The monoisotopic (exact) mass is 405 g/mol. The Bertz CT molecular complexity index is 909. The molecule has 0 fully saturated rings. The molecule has 2 amide bonds. The highest BCUT2D eigenvalue weighted by Gasteiger charge is 2.19. The summed E-state index contributed by atoms with van der Waals surface area (Å²) < 4.78 is 0. The van der Waals surface area contributed by atoms with E-state index in [4.69, 9.17) is 11.6 Å². The molecule has 1 aromatic carbocycles. The Morgan fingerprint density at radius 2 is 2.00 bits per heavy atom. The van der Waals surface area contributed by atoms with E-state index in [1.807, 2.05) is 41.1 Å². The fourth-order valence-electron chi connectivity index (χ4n) is 2.44. The zero-order valence-electron chi connectivity index (χ0n) is 13.9. The maximum absolute atomic E-state index is 12.4. The van der Waals surface area contributed by atoms with Crippen LogP contribution in [0.1, 0.15) is 24.3 Å². The maximum atomic E-state index is 12.4. The van der Waals surface area contributed by atoms with E-state index in [2.05, 4.69) is 15.6 Å². The highest BCUT2D eigenvalue weighted by molar-refractivity contribution is 7.14. The lowest BCUT2D eigenvalue weighted by molar-refractivity contribution is -0.120. The van der Waals surface area contributed by atoms with Crippen molar-refractivity contribution in [3.8, 4) is 11.3 Å². The van der Waals surface area contributed by atoms with Crippen LogP contribution in [0, 0.1) is 0 Å². The van der Waals surface area contributed by atoms with Gasteiger partial charge < -0.3 is 10.6 Å². The molecule has 0 aliphatic carbocycles. The first-order valence-electron chi connectivity index (χ1n) is 7.83. The summed E-state index contributed by atoms with van der Waals surface area (Å²) in [7, 11) is 0. The van der Waals surface area contributed by atoms with Crippen LogP contribution in [0.15, 0.2) is 47.2 Å². The summed E-state index contributed by atoms with van der Waals surface area (Å²) in [5.74, 6) is -0.385. The molecule has 26 heavy (non-hydrogen) atoms. The molecule has 0 saturated heterocycles. The molecule has 0 aliphatic heterocycles. The molecule has 8 heteroatoms. The number of carbonyl (C=O) groups excluding carboxylic acids is 2. The van der Waals surface area contributed by atoms with Crippen molar-refractivity contribution in [2.24, 2.45) is 0 Å². The number of hydrogen-bond donors (Lipinski definition) is 2. The molecule has 0 saturated carbocycles. The number of amides is 2. The van der Waals surface area contributed by atoms with Crippen LogP contribution in [0.5, 0.6) is 0 Å². The van der Waals surface area contributed by atoms with E-state index >= 15 is 0 Å². The van der Waals surface area contributed by atoms with E-state index in [1.54, 1.807) is 6.07 Å². The van der Waals surface area contributed by atoms with Crippen molar-refractivity contribution < 1.29 is 9.59 Å². The fourth-order valence-corrected chi connectivity index (χ4v) is 4.17. The molecule has 2 heterocycles. The van der Waals surface area contributed by atoms with Crippen molar-refractivity contribution in [2.45, 2.75) is 19.4 Å². The minimum atomic E-state index is -0.351. The molecule has 5 nitrogen and oxygen atoms in total. The van der Waals surface area contributed by atoms with Crippen LogP contribution in [0.3, 0.4) is 0 Å². The maximum Gasteiger partial charge on any atom is 0.228 e. The number of anilines is 1. The average molecular weight is 406 g/mol. The van der Waals surface area contributed by atoms with Gasteiger partial charge in [0, 0.05) is 27.8 Å². The second-order valence-electron chi connectivity index (χ2n) is 5.54. The first-order chi connectivity index (χ1) is 12.5. The highest BCUT2D eigenvalue weighted by Crippen LogP contribution is 2.30.